The number of carbonyl (C=O) groups excluding carboxylic acids is 1. The Balaban J connectivity index is 1.84. The number of hydrogen-bond donors (Lipinski definition) is 0. The summed E-state index contributed by atoms with van der Waals surface area (Å²) in [6, 6.07) is 19.2. The number of aryl methyl sites for hydroxylation is 1. The van der Waals surface area contributed by atoms with E-state index >= 15 is 0 Å². The van der Waals surface area contributed by atoms with Gasteiger partial charge in [-0.1, -0.05) is 42.5 Å². The van der Waals surface area contributed by atoms with Crippen LogP contribution in [0.1, 0.15) is 15.9 Å². The van der Waals surface area contributed by atoms with Gasteiger partial charge < -0.3 is 0 Å². The van der Waals surface area contributed by atoms with Crippen LogP contribution in [0, 0.1) is 6.92 Å². The summed E-state index contributed by atoms with van der Waals surface area (Å²) >= 11 is 0. The lowest BCUT2D eigenvalue weighted by atomic mass is 10.0. The van der Waals surface area contributed by atoms with Gasteiger partial charge in [-0.3, -0.25) is 4.79 Å². The first kappa shape index (κ1) is 15.1. The molecule has 2 aromatic heterocycles. The van der Waals surface area contributed by atoms with Crippen molar-refractivity contribution in [3.05, 3.63) is 78.0 Å². The second kappa shape index (κ2) is 6.24. The van der Waals surface area contributed by atoms with E-state index in [2.05, 4.69) is 9.97 Å². The Morgan fingerprint density at radius 3 is 2.68 bits per heavy atom. The topological polar surface area (TPSA) is 55.7 Å². The molecule has 0 amide bonds. The van der Waals surface area contributed by atoms with Crippen LogP contribution in [0.2, 0.25) is 0 Å². The van der Waals surface area contributed by atoms with Crippen molar-refractivity contribution < 1.29 is 4.79 Å². The van der Waals surface area contributed by atoms with Crippen LogP contribution in [0.15, 0.2) is 66.9 Å². The molecule has 4 heteroatoms. The summed E-state index contributed by atoms with van der Waals surface area (Å²) in [5.74, 6) is 0.589. The molecule has 120 valence electrons. The first-order valence-electron chi connectivity index (χ1n) is 8.00. The molecule has 0 fully saturated rings. The van der Waals surface area contributed by atoms with Crippen molar-refractivity contribution in [1.29, 1.82) is 0 Å². The maximum atomic E-state index is 11.0. The molecule has 0 spiro atoms. The molecule has 0 saturated carbocycles. The van der Waals surface area contributed by atoms with Gasteiger partial charge in [0.25, 0.3) is 0 Å². The first-order valence-corrected chi connectivity index (χ1v) is 8.00. The quantitative estimate of drug-likeness (QED) is 0.521. The Bertz CT molecular complexity index is 1090. The molecule has 0 saturated heterocycles. The summed E-state index contributed by atoms with van der Waals surface area (Å²) in [6.45, 7) is 2.00. The molecule has 4 aromatic rings. The van der Waals surface area contributed by atoms with Crippen LogP contribution in [0.4, 0.5) is 0 Å². The molecule has 0 bridgehead atoms. The molecule has 2 heterocycles. The Morgan fingerprint density at radius 2 is 1.80 bits per heavy atom. The third-order valence-corrected chi connectivity index (χ3v) is 4.11. The van der Waals surface area contributed by atoms with E-state index in [1.807, 2.05) is 67.7 Å². The highest BCUT2D eigenvalue weighted by Gasteiger charge is 2.10. The Morgan fingerprint density at radius 1 is 0.920 bits per heavy atom. The number of benzene rings is 2. The van der Waals surface area contributed by atoms with Crippen LogP contribution in [0.5, 0.6) is 0 Å². The minimum Gasteiger partial charge on any atom is -0.298 e. The van der Waals surface area contributed by atoms with E-state index < -0.39 is 0 Å². The van der Waals surface area contributed by atoms with E-state index in [0.29, 0.717) is 17.1 Å². The van der Waals surface area contributed by atoms with Crippen LogP contribution in [-0.4, -0.2) is 21.2 Å². The molecule has 0 atom stereocenters. The Hall–Kier alpha value is -3.40. The molecule has 25 heavy (non-hydrogen) atoms. The molecule has 0 radical (unpaired) electrons. The van der Waals surface area contributed by atoms with Crippen LogP contribution < -0.4 is 0 Å². The fourth-order valence-corrected chi connectivity index (χ4v) is 2.80. The zero-order valence-electron chi connectivity index (χ0n) is 13.7. The fourth-order valence-electron chi connectivity index (χ4n) is 2.80. The molecule has 4 rings (SSSR count). The number of pyridine rings is 1. The number of aldehydes is 1. The largest absolute Gasteiger partial charge is 0.298 e. The lowest BCUT2D eigenvalue weighted by Gasteiger charge is -2.08. The summed E-state index contributed by atoms with van der Waals surface area (Å²) in [5.41, 5.74) is 5.00. The molecule has 4 nitrogen and oxygen atoms in total. The maximum absolute atomic E-state index is 11.0. The zero-order chi connectivity index (χ0) is 17.2. The molecule has 0 aliphatic rings. The van der Waals surface area contributed by atoms with Crippen molar-refractivity contribution in [2.24, 2.45) is 0 Å². The monoisotopic (exact) mass is 325 g/mol. The van der Waals surface area contributed by atoms with Gasteiger partial charge in [0.15, 0.2) is 5.82 Å². The van der Waals surface area contributed by atoms with Crippen molar-refractivity contribution in [2.45, 2.75) is 6.92 Å². The van der Waals surface area contributed by atoms with Crippen molar-refractivity contribution in [2.75, 3.05) is 0 Å². The molecule has 2 aromatic carbocycles. The smallest absolute Gasteiger partial charge is 0.178 e. The van der Waals surface area contributed by atoms with Crippen LogP contribution in [0.3, 0.4) is 0 Å². The second-order valence-electron chi connectivity index (χ2n) is 5.86. The summed E-state index contributed by atoms with van der Waals surface area (Å²) in [4.78, 5) is 24.9. The highest BCUT2D eigenvalue weighted by molar-refractivity contribution is 5.80. The number of aromatic nitrogens is 3. The van der Waals surface area contributed by atoms with Gasteiger partial charge in [-0.05, 0) is 30.7 Å². The normalized spacial score (nSPS) is 10.8. The second-order valence-corrected chi connectivity index (χ2v) is 5.86. The van der Waals surface area contributed by atoms with Crippen LogP contribution in [0.25, 0.3) is 33.7 Å². The Kier molecular flexibility index (Phi) is 3.78. The van der Waals surface area contributed by atoms with Gasteiger partial charge in [-0.15, -0.1) is 0 Å². The minimum atomic E-state index is 0.589. The highest BCUT2D eigenvalue weighted by atomic mass is 16.1. The van der Waals surface area contributed by atoms with Gasteiger partial charge in [0.1, 0.15) is 12.0 Å². The predicted molar refractivity (Wildman–Crippen MR) is 98.3 cm³/mol. The van der Waals surface area contributed by atoms with Gasteiger partial charge in [0.2, 0.25) is 0 Å². The third kappa shape index (κ3) is 2.90. The molecule has 0 N–H and O–H groups in total. The lowest BCUT2D eigenvalue weighted by Crippen LogP contribution is -1.96. The number of nitrogens with zero attached hydrogens (tertiary/aromatic N) is 3. The van der Waals surface area contributed by atoms with E-state index in [4.69, 9.17) is 4.98 Å². The third-order valence-electron chi connectivity index (χ3n) is 4.11. The molecular formula is C21H15N3O. The lowest BCUT2D eigenvalue weighted by molar-refractivity contribution is 0.112. The van der Waals surface area contributed by atoms with Crippen molar-refractivity contribution >= 4 is 17.2 Å². The molecule has 0 aliphatic carbocycles. The summed E-state index contributed by atoms with van der Waals surface area (Å²) in [7, 11) is 0. The SMILES string of the molecule is Cc1ccc(-c2ncc3ccccc3n2)nc1-c1cccc(C=O)c1. The molecule has 0 unspecified atom stereocenters. The van der Waals surface area contributed by atoms with Crippen molar-refractivity contribution in [3.8, 4) is 22.8 Å². The van der Waals surface area contributed by atoms with Gasteiger partial charge in [-0.2, -0.15) is 0 Å². The number of carbonyl (C=O) groups is 1. The van der Waals surface area contributed by atoms with Gasteiger partial charge in [-0.25, -0.2) is 15.0 Å². The van der Waals surface area contributed by atoms with E-state index in [1.165, 1.54) is 0 Å². The van der Waals surface area contributed by atoms with E-state index in [0.717, 1.165) is 34.0 Å². The fraction of sp³-hybridized carbons (Fsp3) is 0.0476. The summed E-state index contributed by atoms with van der Waals surface area (Å²) in [5, 5.41) is 0.997. The van der Waals surface area contributed by atoms with Gasteiger partial charge >= 0.3 is 0 Å². The summed E-state index contributed by atoms with van der Waals surface area (Å²) in [6.07, 6.45) is 2.65. The predicted octanol–water partition coefficient (Wildman–Crippen LogP) is 4.48. The Labute approximate surface area is 145 Å². The average Bonchev–Trinajstić information content (AvgIpc) is 2.68. The minimum absolute atomic E-state index is 0.589. The van der Waals surface area contributed by atoms with E-state index in [1.54, 1.807) is 6.07 Å². The highest BCUT2D eigenvalue weighted by Crippen LogP contribution is 2.25. The molecular weight excluding hydrogens is 310 g/mol. The maximum Gasteiger partial charge on any atom is 0.178 e. The standard InChI is InChI=1S/C21H15N3O/c1-14-9-10-19(21-22-12-17-6-2-3-8-18(17)24-21)23-20(14)16-7-4-5-15(11-16)13-25/h2-13H,1H3. The molecule has 0 aliphatic heterocycles. The number of rotatable bonds is 3. The number of fused-ring (bicyclic) bond motifs is 1. The van der Waals surface area contributed by atoms with Crippen molar-refractivity contribution in [3.63, 3.8) is 0 Å². The number of para-hydroxylation sites is 1. The van der Waals surface area contributed by atoms with Crippen molar-refractivity contribution in [1.82, 2.24) is 15.0 Å². The first-order chi connectivity index (χ1) is 12.2. The zero-order valence-corrected chi connectivity index (χ0v) is 13.7. The number of hydrogen-bond acceptors (Lipinski definition) is 4. The van der Waals surface area contributed by atoms with E-state index in [-0.39, 0.29) is 0 Å². The van der Waals surface area contributed by atoms with Crippen LogP contribution in [-0.2, 0) is 0 Å². The summed E-state index contributed by atoms with van der Waals surface area (Å²) < 4.78 is 0. The average molecular weight is 325 g/mol. The van der Waals surface area contributed by atoms with Gasteiger partial charge in [0, 0.05) is 22.7 Å². The van der Waals surface area contributed by atoms with E-state index in [9.17, 15) is 4.79 Å². The van der Waals surface area contributed by atoms with Crippen LogP contribution >= 0.6 is 0 Å². The van der Waals surface area contributed by atoms with Gasteiger partial charge in [0.05, 0.1) is 11.2 Å².